The van der Waals surface area contributed by atoms with Gasteiger partial charge in [-0.25, -0.2) is 0 Å². The molecule has 0 aromatic heterocycles. The van der Waals surface area contributed by atoms with E-state index < -0.39 is 9.85 Å². The molecule has 0 aliphatic carbocycles. The van der Waals surface area contributed by atoms with Crippen LogP contribution in [0.25, 0.3) is 6.08 Å². The number of rotatable bonds is 3. The van der Waals surface area contributed by atoms with Crippen LogP contribution in [0, 0.1) is 26.4 Å². The van der Waals surface area contributed by atoms with Gasteiger partial charge >= 0.3 is 0 Å². The van der Waals surface area contributed by atoms with E-state index in [0.29, 0.717) is 0 Å². The Morgan fingerprint density at radius 3 is 2.33 bits per heavy atom. The summed E-state index contributed by atoms with van der Waals surface area (Å²) in [6, 6.07) is 5.73. The van der Waals surface area contributed by atoms with E-state index in [4.69, 9.17) is 0 Å². The van der Waals surface area contributed by atoms with Crippen LogP contribution in [0.4, 0.5) is 5.69 Å². The molecule has 0 bridgehead atoms. The van der Waals surface area contributed by atoms with Crippen molar-refractivity contribution in [2.45, 2.75) is 0 Å². The van der Waals surface area contributed by atoms with Crippen molar-refractivity contribution < 1.29 is 30.9 Å². The van der Waals surface area contributed by atoms with Gasteiger partial charge < -0.3 is 0 Å². The first-order valence-corrected chi connectivity index (χ1v) is 3.58. The van der Waals surface area contributed by atoms with Gasteiger partial charge in [-0.2, -0.15) is 0 Å². The molecule has 0 aliphatic rings. The standard InChI is InChI=1S/C8H5N2O4.W/c11-9(12)6-5-7-3-1-2-4-8(7)10(13)14;/h1-5H;/q-1;. The van der Waals surface area contributed by atoms with Crippen LogP contribution in [0.1, 0.15) is 5.56 Å². The third-order valence-corrected chi connectivity index (χ3v) is 1.46. The van der Waals surface area contributed by atoms with Crippen molar-refractivity contribution in [3.63, 3.8) is 0 Å². The van der Waals surface area contributed by atoms with Gasteiger partial charge in [-0.3, -0.25) is 20.2 Å². The normalized spacial score (nSPS) is 9.60. The van der Waals surface area contributed by atoms with Crippen LogP contribution < -0.4 is 0 Å². The molecule has 0 aliphatic heterocycles. The van der Waals surface area contributed by atoms with E-state index in [9.17, 15) is 20.2 Å². The Morgan fingerprint density at radius 1 is 1.20 bits per heavy atom. The average molecular weight is 377 g/mol. The monoisotopic (exact) mass is 377 g/mol. The van der Waals surface area contributed by atoms with Gasteiger partial charge in [0.15, 0.2) is 5.69 Å². The van der Waals surface area contributed by atoms with E-state index in [0.717, 1.165) is 6.08 Å². The largest absolute Gasteiger partial charge is 0.278 e. The molecule has 6 nitrogen and oxygen atoms in total. The van der Waals surface area contributed by atoms with Crippen molar-refractivity contribution in [3.05, 3.63) is 56.3 Å². The molecule has 1 aromatic carbocycles. The van der Waals surface area contributed by atoms with Gasteiger partial charge in [0.1, 0.15) is 6.20 Å². The molecule has 0 atom stereocenters. The topological polar surface area (TPSA) is 86.3 Å². The Balaban J connectivity index is 0.00000196. The molecule has 15 heavy (non-hydrogen) atoms. The summed E-state index contributed by atoms with van der Waals surface area (Å²) in [5, 5.41) is 20.4. The summed E-state index contributed by atoms with van der Waals surface area (Å²) in [6.07, 6.45) is 2.72. The molecule has 0 heterocycles. The molecule has 1 rings (SSSR count). The molecule has 0 saturated heterocycles. The molecule has 0 N–H and O–H groups in total. The Morgan fingerprint density at radius 2 is 1.80 bits per heavy atom. The second-order valence-electron chi connectivity index (χ2n) is 2.35. The molecular weight excluding hydrogens is 372 g/mol. The van der Waals surface area contributed by atoms with Gasteiger partial charge in [0.05, 0.1) is 0 Å². The number of nitrogens with zero attached hydrogens (tertiary/aromatic N) is 2. The Kier molecular flexibility index (Phi) is 5.41. The fourth-order valence-corrected chi connectivity index (χ4v) is 0.898. The van der Waals surface area contributed by atoms with Crippen molar-refractivity contribution in [3.8, 4) is 0 Å². The zero-order chi connectivity index (χ0) is 10.6. The molecule has 0 unspecified atom stereocenters. The van der Waals surface area contributed by atoms with Crippen LogP contribution in [-0.4, -0.2) is 9.85 Å². The number of hydrogen-bond donors (Lipinski definition) is 0. The van der Waals surface area contributed by atoms with Crippen molar-refractivity contribution >= 4 is 11.8 Å². The quantitative estimate of drug-likeness (QED) is 0.347. The summed E-state index contributed by atoms with van der Waals surface area (Å²) in [5.74, 6) is 0. The smallest absolute Gasteiger partial charge is 0.199 e. The molecule has 7 heteroatoms. The summed E-state index contributed by atoms with van der Waals surface area (Å²) >= 11 is 0. The summed E-state index contributed by atoms with van der Waals surface area (Å²) < 4.78 is 0. The minimum Gasteiger partial charge on any atom is -0.278 e. The minimum absolute atomic E-state index is 0. The van der Waals surface area contributed by atoms with Gasteiger partial charge in [-0.1, -0.05) is 17.7 Å². The van der Waals surface area contributed by atoms with E-state index >= 15 is 0 Å². The summed E-state index contributed by atoms with van der Waals surface area (Å²) in [5.41, 5.74) is -0.0175. The maximum absolute atomic E-state index is 10.5. The Labute approximate surface area is 99.2 Å². The third-order valence-electron chi connectivity index (χ3n) is 1.46. The van der Waals surface area contributed by atoms with Crippen LogP contribution in [-0.2, 0) is 21.1 Å². The molecule has 0 radical (unpaired) electrons. The number of benzene rings is 1. The van der Waals surface area contributed by atoms with Crippen molar-refractivity contribution in [1.29, 1.82) is 0 Å². The maximum atomic E-state index is 10.5. The number of para-hydroxylation sites is 1. The second kappa shape index (κ2) is 6.03. The van der Waals surface area contributed by atoms with E-state index in [2.05, 4.69) is 0 Å². The molecular formula is C8H5N2O4W-. The zero-order valence-corrected chi connectivity index (χ0v) is 10.3. The minimum atomic E-state index is -0.795. The van der Waals surface area contributed by atoms with Gasteiger partial charge in [-0.05, 0) is 11.0 Å². The predicted octanol–water partition coefficient (Wildman–Crippen LogP) is 1.64. The summed E-state index contributed by atoms with van der Waals surface area (Å²) in [4.78, 5) is 19.0. The van der Waals surface area contributed by atoms with E-state index in [1.807, 2.05) is 0 Å². The van der Waals surface area contributed by atoms with Crippen molar-refractivity contribution in [1.82, 2.24) is 0 Å². The van der Waals surface area contributed by atoms with Gasteiger partial charge in [0, 0.05) is 26.0 Å². The molecule has 0 amide bonds. The number of hydrogen-bond acceptors (Lipinski definition) is 4. The van der Waals surface area contributed by atoms with Gasteiger partial charge in [-0.15, -0.1) is 12.1 Å². The zero-order valence-electron chi connectivity index (χ0n) is 7.32. The first kappa shape index (κ1) is 13.4. The van der Waals surface area contributed by atoms with Crippen molar-refractivity contribution in [2.75, 3.05) is 0 Å². The van der Waals surface area contributed by atoms with Gasteiger partial charge in [0.2, 0.25) is 0 Å². The summed E-state index contributed by atoms with van der Waals surface area (Å²) in [7, 11) is 0. The van der Waals surface area contributed by atoms with Crippen LogP contribution >= 0.6 is 0 Å². The number of nitro benzene ring substituents is 1. The molecule has 0 saturated carbocycles. The fraction of sp³-hybridized carbons (Fsp3) is 0. The summed E-state index contributed by atoms with van der Waals surface area (Å²) in [6.45, 7) is 0. The first-order valence-electron chi connectivity index (χ1n) is 3.58. The van der Waals surface area contributed by atoms with E-state index in [-0.39, 0.29) is 32.3 Å². The predicted molar refractivity (Wildman–Crippen MR) is 47.8 cm³/mol. The molecule has 0 fully saturated rings. The second-order valence-corrected chi connectivity index (χ2v) is 2.35. The third kappa shape index (κ3) is 3.99. The molecule has 0 spiro atoms. The average Bonchev–Trinajstić information content (AvgIpc) is 2.15. The van der Waals surface area contributed by atoms with Crippen molar-refractivity contribution in [2.24, 2.45) is 0 Å². The Bertz CT molecular complexity index is 405. The van der Waals surface area contributed by atoms with Gasteiger partial charge in [0.25, 0.3) is 0 Å². The fourth-order valence-electron chi connectivity index (χ4n) is 0.898. The Hall–Kier alpha value is -1.55. The maximum Gasteiger partial charge on any atom is 0.199 e. The molecule has 1 aromatic rings. The van der Waals surface area contributed by atoms with Crippen LogP contribution in [0.15, 0.2) is 24.3 Å². The SMILES string of the molecule is O=[N+]([O-])[C-]=Cc1ccccc1[N+](=O)[O-].[W]. The van der Waals surface area contributed by atoms with E-state index in [1.54, 1.807) is 12.3 Å². The van der Waals surface area contributed by atoms with E-state index in [1.165, 1.54) is 18.2 Å². The number of nitro groups is 2. The van der Waals surface area contributed by atoms with Crippen LogP contribution in [0.5, 0.6) is 0 Å². The van der Waals surface area contributed by atoms with Crippen LogP contribution in [0.3, 0.4) is 0 Å². The first-order chi connectivity index (χ1) is 6.61. The van der Waals surface area contributed by atoms with Crippen LogP contribution in [0.2, 0.25) is 0 Å². The molecule has 78 valence electrons.